The van der Waals surface area contributed by atoms with Crippen LogP contribution in [0.4, 0.5) is 20.6 Å². The topological polar surface area (TPSA) is 80.3 Å². The molecule has 9 heteroatoms. The van der Waals surface area contributed by atoms with E-state index in [0.717, 1.165) is 6.07 Å². The van der Waals surface area contributed by atoms with Crippen LogP contribution in [0.3, 0.4) is 0 Å². The molecule has 138 valence electrons. The third-order valence-electron chi connectivity index (χ3n) is 2.89. The summed E-state index contributed by atoms with van der Waals surface area (Å²) in [6.45, 7) is 5.14. The van der Waals surface area contributed by atoms with Crippen molar-refractivity contribution in [1.29, 1.82) is 0 Å². The number of benzene rings is 1. The number of carbonyl (C=O) groups excluding carboxylic acids is 2. The maximum absolute atomic E-state index is 14.0. The molecule has 2 N–H and O–H groups in total. The number of anilines is 2. The highest BCUT2D eigenvalue weighted by atomic mass is 35.5. The Labute approximate surface area is 159 Å². The van der Waals surface area contributed by atoms with E-state index in [1.165, 1.54) is 24.3 Å². The molecule has 0 radical (unpaired) electrons. The monoisotopic (exact) mass is 399 g/mol. The minimum atomic E-state index is -0.745. The number of nitrogens with one attached hydrogen (secondary N) is 2. The van der Waals surface area contributed by atoms with Crippen molar-refractivity contribution in [1.82, 2.24) is 4.98 Å². The first kappa shape index (κ1) is 19.9. The predicted octanol–water partition coefficient (Wildman–Crippen LogP) is 5.13. The Balaban J connectivity index is 2.18. The van der Waals surface area contributed by atoms with E-state index in [-0.39, 0.29) is 27.2 Å². The number of hydrogen-bond donors (Lipinski definition) is 2. The highest BCUT2D eigenvalue weighted by Gasteiger charge is 2.18. The summed E-state index contributed by atoms with van der Waals surface area (Å²) in [4.78, 5) is 27.9. The Kier molecular flexibility index (Phi) is 6.05. The molecule has 2 rings (SSSR count). The lowest BCUT2D eigenvalue weighted by atomic mass is 10.2. The summed E-state index contributed by atoms with van der Waals surface area (Å²) >= 11 is 11.7. The number of nitrogens with zero attached hydrogens (tertiary/aromatic N) is 1. The summed E-state index contributed by atoms with van der Waals surface area (Å²) in [6.07, 6.45) is -0.707. The fourth-order valence-corrected chi connectivity index (χ4v) is 2.22. The minimum absolute atomic E-state index is 0.0651. The van der Waals surface area contributed by atoms with Crippen molar-refractivity contribution in [2.75, 3.05) is 10.6 Å². The van der Waals surface area contributed by atoms with E-state index in [1.54, 1.807) is 20.8 Å². The molecule has 1 heterocycles. The van der Waals surface area contributed by atoms with Crippen LogP contribution >= 0.6 is 23.2 Å². The Morgan fingerprint density at radius 1 is 1.12 bits per heavy atom. The molecule has 2 aromatic rings. The van der Waals surface area contributed by atoms with Gasteiger partial charge in [-0.05, 0) is 51.1 Å². The summed E-state index contributed by atoms with van der Waals surface area (Å²) in [6, 6.07) is 6.50. The predicted molar refractivity (Wildman–Crippen MR) is 98.5 cm³/mol. The van der Waals surface area contributed by atoms with Gasteiger partial charge in [-0.3, -0.25) is 10.1 Å². The number of rotatable bonds is 3. The molecule has 0 spiro atoms. The zero-order valence-electron chi connectivity index (χ0n) is 14.2. The van der Waals surface area contributed by atoms with Crippen molar-refractivity contribution in [2.45, 2.75) is 26.4 Å². The first-order valence-electron chi connectivity index (χ1n) is 7.48. The van der Waals surface area contributed by atoms with E-state index in [9.17, 15) is 14.0 Å². The van der Waals surface area contributed by atoms with Crippen molar-refractivity contribution in [2.24, 2.45) is 0 Å². The molecule has 0 atom stereocenters. The van der Waals surface area contributed by atoms with Gasteiger partial charge in [0.2, 0.25) is 0 Å². The molecule has 0 fully saturated rings. The summed E-state index contributed by atoms with van der Waals surface area (Å²) in [7, 11) is 0. The smallest absolute Gasteiger partial charge is 0.412 e. The first-order valence-corrected chi connectivity index (χ1v) is 8.24. The second-order valence-electron chi connectivity index (χ2n) is 6.24. The summed E-state index contributed by atoms with van der Waals surface area (Å²) in [5.41, 5.74) is -0.762. The lowest BCUT2D eigenvalue weighted by Gasteiger charge is -2.19. The average molecular weight is 400 g/mol. The van der Waals surface area contributed by atoms with Crippen LogP contribution in [0.5, 0.6) is 0 Å². The fourth-order valence-electron chi connectivity index (χ4n) is 1.88. The fraction of sp³-hybridized carbons (Fsp3) is 0.235. The number of hydrogen-bond acceptors (Lipinski definition) is 4. The SMILES string of the molecule is CC(C)(C)OC(=O)Nc1ccc(F)c(NC(=O)c2nc(Cl)ccc2Cl)c1. The second kappa shape index (κ2) is 7.88. The molecule has 26 heavy (non-hydrogen) atoms. The number of halogens is 3. The van der Waals surface area contributed by atoms with Crippen molar-refractivity contribution in [3.63, 3.8) is 0 Å². The normalized spacial score (nSPS) is 11.0. The van der Waals surface area contributed by atoms with Gasteiger partial charge in [0, 0.05) is 5.69 Å². The average Bonchev–Trinajstić information content (AvgIpc) is 2.51. The maximum Gasteiger partial charge on any atom is 0.412 e. The van der Waals surface area contributed by atoms with Crippen molar-refractivity contribution in [3.8, 4) is 0 Å². The molecule has 0 bridgehead atoms. The number of pyridine rings is 1. The van der Waals surface area contributed by atoms with E-state index in [2.05, 4.69) is 15.6 Å². The summed E-state index contributed by atoms with van der Waals surface area (Å²) < 4.78 is 19.1. The Hall–Kier alpha value is -2.38. The summed E-state index contributed by atoms with van der Waals surface area (Å²) in [5, 5.41) is 4.94. The lowest BCUT2D eigenvalue weighted by molar-refractivity contribution is 0.0636. The van der Waals surface area contributed by atoms with Crippen molar-refractivity contribution >= 4 is 46.6 Å². The van der Waals surface area contributed by atoms with Crippen LogP contribution in [-0.2, 0) is 4.74 Å². The van der Waals surface area contributed by atoms with Crippen molar-refractivity contribution in [3.05, 3.63) is 52.0 Å². The Bertz CT molecular complexity index is 854. The third-order valence-corrected chi connectivity index (χ3v) is 3.40. The molecule has 0 aliphatic heterocycles. The molecule has 1 aromatic heterocycles. The van der Waals surface area contributed by atoms with E-state index >= 15 is 0 Å². The molecule has 0 unspecified atom stereocenters. The number of ether oxygens (including phenoxy) is 1. The quantitative estimate of drug-likeness (QED) is 0.701. The molecule has 0 saturated carbocycles. The number of aromatic nitrogens is 1. The van der Waals surface area contributed by atoms with Crippen LogP contribution in [0.1, 0.15) is 31.3 Å². The second-order valence-corrected chi connectivity index (χ2v) is 7.03. The molecule has 0 aliphatic carbocycles. The molecule has 0 saturated heterocycles. The van der Waals surface area contributed by atoms with Crippen LogP contribution in [0.15, 0.2) is 30.3 Å². The van der Waals surface area contributed by atoms with Gasteiger partial charge in [0.15, 0.2) is 0 Å². The first-order chi connectivity index (χ1) is 12.0. The van der Waals surface area contributed by atoms with E-state index in [1.807, 2.05) is 0 Å². The lowest BCUT2D eigenvalue weighted by Crippen LogP contribution is -2.27. The molecule has 2 amide bonds. The molecule has 1 aromatic carbocycles. The van der Waals surface area contributed by atoms with Gasteiger partial charge < -0.3 is 10.1 Å². The molecular formula is C17H16Cl2FN3O3. The van der Waals surface area contributed by atoms with Crippen LogP contribution in [-0.4, -0.2) is 22.6 Å². The van der Waals surface area contributed by atoms with Crippen LogP contribution in [0.25, 0.3) is 0 Å². The van der Waals surface area contributed by atoms with Gasteiger partial charge in [-0.1, -0.05) is 23.2 Å². The van der Waals surface area contributed by atoms with Crippen LogP contribution < -0.4 is 10.6 Å². The van der Waals surface area contributed by atoms with E-state index in [0.29, 0.717) is 0 Å². The Morgan fingerprint density at radius 2 is 1.81 bits per heavy atom. The van der Waals surface area contributed by atoms with Gasteiger partial charge in [-0.15, -0.1) is 0 Å². The molecule has 6 nitrogen and oxygen atoms in total. The zero-order chi connectivity index (χ0) is 19.5. The van der Waals surface area contributed by atoms with Gasteiger partial charge in [-0.25, -0.2) is 14.2 Å². The van der Waals surface area contributed by atoms with Gasteiger partial charge >= 0.3 is 6.09 Å². The Morgan fingerprint density at radius 3 is 2.46 bits per heavy atom. The highest BCUT2D eigenvalue weighted by Crippen LogP contribution is 2.23. The van der Waals surface area contributed by atoms with E-state index in [4.69, 9.17) is 27.9 Å². The largest absolute Gasteiger partial charge is 0.444 e. The van der Waals surface area contributed by atoms with Gasteiger partial charge in [-0.2, -0.15) is 0 Å². The number of carbonyl (C=O) groups is 2. The van der Waals surface area contributed by atoms with E-state index < -0.39 is 23.4 Å². The van der Waals surface area contributed by atoms with Crippen molar-refractivity contribution < 1.29 is 18.7 Å². The van der Waals surface area contributed by atoms with Gasteiger partial charge in [0.05, 0.1) is 10.7 Å². The highest BCUT2D eigenvalue weighted by molar-refractivity contribution is 6.35. The maximum atomic E-state index is 14.0. The molecule has 0 aliphatic rings. The van der Waals surface area contributed by atoms with Crippen LogP contribution in [0.2, 0.25) is 10.2 Å². The zero-order valence-corrected chi connectivity index (χ0v) is 15.7. The number of amides is 2. The third kappa shape index (κ3) is 5.57. The summed E-state index contributed by atoms with van der Waals surface area (Å²) in [5.74, 6) is -1.45. The van der Waals surface area contributed by atoms with Gasteiger partial charge in [0.25, 0.3) is 5.91 Å². The van der Waals surface area contributed by atoms with Gasteiger partial charge in [0.1, 0.15) is 22.3 Å². The minimum Gasteiger partial charge on any atom is -0.444 e. The van der Waals surface area contributed by atoms with Crippen LogP contribution in [0, 0.1) is 5.82 Å². The molecular weight excluding hydrogens is 384 g/mol. The standard InChI is InChI=1S/C17H16Cl2FN3O3/c1-17(2,3)26-16(25)21-9-4-6-11(20)12(8-9)22-15(24)14-10(18)5-7-13(19)23-14/h4-8H,1-3H3,(H,21,25)(H,22,24).